The highest BCUT2D eigenvalue weighted by Gasteiger charge is 2.24. The van der Waals surface area contributed by atoms with Crippen molar-refractivity contribution in [1.29, 1.82) is 0 Å². The first-order valence-corrected chi connectivity index (χ1v) is 7.86. The van der Waals surface area contributed by atoms with Crippen LogP contribution in [-0.2, 0) is 17.8 Å². The Kier molecular flexibility index (Phi) is 4.29. The van der Waals surface area contributed by atoms with Crippen molar-refractivity contribution >= 4 is 39.1 Å². The monoisotopic (exact) mass is 364 g/mol. The minimum Gasteiger partial charge on any atom is -0.324 e. The van der Waals surface area contributed by atoms with Crippen molar-refractivity contribution in [3.63, 3.8) is 0 Å². The third-order valence-electron chi connectivity index (χ3n) is 3.58. The van der Waals surface area contributed by atoms with Gasteiger partial charge in [0.1, 0.15) is 0 Å². The molecule has 0 spiro atoms. The Hall–Kier alpha value is -1.36. The Balaban J connectivity index is 1.74. The minimum absolute atomic E-state index is 0.0486. The molecule has 0 bridgehead atoms. The SMILES string of the molecule is O=C(Nc1cc(Cl)ccc1Br)C1Cc2ccccc2CN1. The Labute approximate surface area is 136 Å². The van der Waals surface area contributed by atoms with Gasteiger partial charge in [-0.2, -0.15) is 0 Å². The fourth-order valence-electron chi connectivity index (χ4n) is 2.45. The van der Waals surface area contributed by atoms with E-state index in [9.17, 15) is 4.79 Å². The van der Waals surface area contributed by atoms with E-state index >= 15 is 0 Å². The lowest BCUT2D eigenvalue weighted by Gasteiger charge is -2.25. The summed E-state index contributed by atoms with van der Waals surface area (Å²) < 4.78 is 0.816. The summed E-state index contributed by atoms with van der Waals surface area (Å²) >= 11 is 9.38. The number of nitrogens with one attached hydrogen (secondary N) is 2. The van der Waals surface area contributed by atoms with E-state index in [1.165, 1.54) is 11.1 Å². The molecule has 3 nitrogen and oxygen atoms in total. The number of anilines is 1. The van der Waals surface area contributed by atoms with E-state index in [2.05, 4.69) is 38.7 Å². The van der Waals surface area contributed by atoms with Gasteiger partial charge < -0.3 is 10.6 Å². The quantitative estimate of drug-likeness (QED) is 0.851. The number of amides is 1. The Morgan fingerprint density at radius 3 is 2.81 bits per heavy atom. The van der Waals surface area contributed by atoms with Gasteiger partial charge in [-0.1, -0.05) is 35.9 Å². The molecular formula is C16H14BrClN2O. The zero-order valence-corrected chi connectivity index (χ0v) is 13.5. The molecule has 0 radical (unpaired) electrons. The van der Waals surface area contributed by atoms with Crippen LogP contribution in [-0.4, -0.2) is 11.9 Å². The molecule has 0 saturated carbocycles. The van der Waals surface area contributed by atoms with E-state index in [0.717, 1.165) is 4.47 Å². The van der Waals surface area contributed by atoms with E-state index in [0.29, 0.717) is 23.7 Å². The number of benzene rings is 2. The smallest absolute Gasteiger partial charge is 0.241 e. The Morgan fingerprint density at radius 2 is 2.00 bits per heavy atom. The lowest BCUT2D eigenvalue weighted by Crippen LogP contribution is -2.44. The number of carbonyl (C=O) groups excluding carboxylic acids is 1. The van der Waals surface area contributed by atoms with Crippen molar-refractivity contribution in [1.82, 2.24) is 5.32 Å². The van der Waals surface area contributed by atoms with Crippen molar-refractivity contribution < 1.29 is 4.79 Å². The van der Waals surface area contributed by atoms with E-state index in [1.54, 1.807) is 12.1 Å². The maximum Gasteiger partial charge on any atom is 0.241 e. The molecule has 0 saturated heterocycles. The van der Waals surface area contributed by atoms with Crippen LogP contribution in [0.4, 0.5) is 5.69 Å². The molecule has 5 heteroatoms. The van der Waals surface area contributed by atoms with Gasteiger partial charge in [-0.3, -0.25) is 4.79 Å². The summed E-state index contributed by atoms with van der Waals surface area (Å²) in [5, 5.41) is 6.78. The summed E-state index contributed by atoms with van der Waals surface area (Å²) in [6.45, 7) is 0.713. The molecule has 1 unspecified atom stereocenters. The molecule has 1 aliphatic heterocycles. The summed E-state index contributed by atoms with van der Waals surface area (Å²) in [7, 11) is 0. The summed E-state index contributed by atoms with van der Waals surface area (Å²) in [5.74, 6) is -0.0486. The largest absolute Gasteiger partial charge is 0.324 e. The van der Waals surface area contributed by atoms with E-state index in [1.807, 2.05) is 18.2 Å². The van der Waals surface area contributed by atoms with Gasteiger partial charge in [0.2, 0.25) is 5.91 Å². The third kappa shape index (κ3) is 3.28. The fraction of sp³-hybridized carbons (Fsp3) is 0.188. The van der Waals surface area contributed by atoms with Gasteiger partial charge in [0.15, 0.2) is 0 Å². The topological polar surface area (TPSA) is 41.1 Å². The number of halogens is 2. The van der Waals surface area contributed by atoms with Gasteiger partial charge in [0.25, 0.3) is 0 Å². The maximum atomic E-state index is 12.4. The highest BCUT2D eigenvalue weighted by Crippen LogP contribution is 2.26. The van der Waals surface area contributed by atoms with Crippen molar-refractivity contribution in [3.8, 4) is 0 Å². The van der Waals surface area contributed by atoms with Gasteiger partial charge in [-0.25, -0.2) is 0 Å². The zero-order valence-electron chi connectivity index (χ0n) is 11.2. The second-order valence-electron chi connectivity index (χ2n) is 5.02. The normalized spacial score (nSPS) is 17.1. The Bertz CT molecular complexity index is 690. The van der Waals surface area contributed by atoms with Crippen molar-refractivity contribution in [3.05, 3.63) is 63.1 Å². The highest BCUT2D eigenvalue weighted by molar-refractivity contribution is 9.10. The number of fused-ring (bicyclic) bond motifs is 1. The summed E-state index contributed by atoms with van der Waals surface area (Å²) in [4.78, 5) is 12.4. The van der Waals surface area contributed by atoms with Crippen molar-refractivity contribution in [2.45, 2.75) is 19.0 Å². The molecule has 0 aliphatic carbocycles. The second kappa shape index (κ2) is 6.18. The van der Waals surface area contributed by atoms with E-state index in [-0.39, 0.29) is 11.9 Å². The van der Waals surface area contributed by atoms with Crippen LogP contribution in [0.15, 0.2) is 46.9 Å². The predicted octanol–water partition coefficient (Wildman–Crippen LogP) is 3.76. The van der Waals surface area contributed by atoms with Crippen molar-refractivity contribution in [2.24, 2.45) is 0 Å². The number of hydrogen-bond donors (Lipinski definition) is 2. The average Bonchev–Trinajstić information content (AvgIpc) is 2.50. The molecule has 1 heterocycles. The molecule has 0 aromatic heterocycles. The molecule has 2 N–H and O–H groups in total. The molecule has 3 rings (SSSR count). The third-order valence-corrected chi connectivity index (χ3v) is 4.51. The van der Waals surface area contributed by atoms with Gasteiger partial charge >= 0.3 is 0 Å². The summed E-state index contributed by atoms with van der Waals surface area (Å²) in [6, 6.07) is 13.3. The first-order chi connectivity index (χ1) is 10.1. The van der Waals surface area contributed by atoms with Gasteiger partial charge in [0.05, 0.1) is 11.7 Å². The predicted molar refractivity (Wildman–Crippen MR) is 88.6 cm³/mol. The maximum absolute atomic E-state index is 12.4. The molecule has 0 fully saturated rings. The van der Waals surface area contributed by atoms with Crippen LogP contribution in [0.1, 0.15) is 11.1 Å². The van der Waals surface area contributed by atoms with Gasteiger partial charge in [-0.15, -0.1) is 0 Å². The van der Waals surface area contributed by atoms with Gasteiger partial charge in [0, 0.05) is 16.0 Å². The number of hydrogen-bond acceptors (Lipinski definition) is 2. The second-order valence-corrected chi connectivity index (χ2v) is 6.31. The van der Waals surface area contributed by atoms with E-state index < -0.39 is 0 Å². The Morgan fingerprint density at radius 1 is 1.24 bits per heavy atom. The number of rotatable bonds is 2. The first-order valence-electron chi connectivity index (χ1n) is 6.69. The minimum atomic E-state index is -0.231. The van der Waals surface area contributed by atoms with Crippen LogP contribution in [0, 0.1) is 0 Å². The molecule has 21 heavy (non-hydrogen) atoms. The molecular weight excluding hydrogens is 352 g/mol. The van der Waals surface area contributed by atoms with Crippen molar-refractivity contribution in [2.75, 3.05) is 5.32 Å². The lowest BCUT2D eigenvalue weighted by molar-refractivity contribution is -0.118. The van der Waals surface area contributed by atoms with E-state index in [4.69, 9.17) is 11.6 Å². The standard InChI is InChI=1S/C16H14BrClN2O/c17-13-6-5-12(18)8-14(13)20-16(21)15-7-10-3-1-2-4-11(10)9-19-15/h1-6,8,15,19H,7,9H2,(H,20,21). The molecule has 2 aromatic rings. The van der Waals surface area contributed by atoms with Crippen LogP contribution < -0.4 is 10.6 Å². The molecule has 1 atom stereocenters. The van der Waals surface area contributed by atoms with Crippen LogP contribution in [0.5, 0.6) is 0 Å². The van der Waals surface area contributed by atoms with Crippen LogP contribution >= 0.6 is 27.5 Å². The van der Waals surface area contributed by atoms with Crippen LogP contribution in [0.2, 0.25) is 5.02 Å². The molecule has 1 aliphatic rings. The zero-order chi connectivity index (χ0) is 14.8. The van der Waals surface area contributed by atoms with Crippen LogP contribution in [0.3, 0.4) is 0 Å². The first kappa shape index (κ1) is 14.6. The molecule has 1 amide bonds. The lowest BCUT2D eigenvalue weighted by atomic mass is 9.95. The molecule has 2 aromatic carbocycles. The fourth-order valence-corrected chi connectivity index (χ4v) is 2.97. The highest BCUT2D eigenvalue weighted by atomic mass is 79.9. The summed E-state index contributed by atoms with van der Waals surface area (Å²) in [6.07, 6.45) is 0.695. The van der Waals surface area contributed by atoms with Crippen LogP contribution in [0.25, 0.3) is 0 Å². The summed E-state index contributed by atoms with van der Waals surface area (Å²) in [5.41, 5.74) is 3.17. The average molecular weight is 366 g/mol. The van der Waals surface area contributed by atoms with Gasteiger partial charge in [-0.05, 0) is 51.7 Å². The number of carbonyl (C=O) groups is 1. The molecule has 108 valence electrons.